The van der Waals surface area contributed by atoms with Crippen LogP contribution < -0.4 is 15.4 Å². The Bertz CT molecular complexity index is 1880. The van der Waals surface area contributed by atoms with Crippen LogP contribution in [0.2, 0.25) is 0 Å². The van der Waals surface area contributed by atoms with Gasteiger partial charge in [-0.25, -0.2) is 9.78 Å². The van der Waals surface area contributed by atoms with Crippen LogP contribution >= 0.6 is 11.3 Å². The van der Waals surface area contributed by atoms with Crippen molar-refractivity contribution in [2.75, 3.05) is 12.1 Å². The largest absolute Gasteiger partial charge is 0.497 e. The summed E-state index contributed by atoms with van der Waals surface area (Å²) in [6.07, 6.45) is 1.56. The van der Waals surface area contributed by atoms with Crippen LogP contribution in [0.15, 0.2) is 105 Å². The molecule has 2 aromatic heterocycles. The second kappa shape index (κ2) is 9.33. The average Bonchev–Trinajstić information content (AvgIpc) is 3.36. The van der Waals surface area contributed by atoms with Gasteiger partial charge in [-0.1, -0.05) is 72.0 Å². The maximum Gasteiger partial charge on any atom is 0.349 e. The summed E-state index contributed by atoms with van der Waals surface area (Å²) in [5.74, 6) is 0.0391. The van der Waals surface area contributed by atoms with Gasteiger partial charge in [-0.05, 0) is 46.7 Å². The molecule has 0 spiro atoms. The lowest BCUT2D eigenvalue weighted by Gasteiger charge is -2.13. The number of nitrogens with zero attached hydrogens (tertiary/aromatic N) is 3. The number of carbonyl (C=O) groups excluding carboxylic acids is 1. The number of hydrazone groups is 1. The second-order valence-electron chi connectivity index (χ2n) is 8.25. The quantitative estimate of drug-likeness (QED) is 0.120. The zero-order valence-electron chi connectivity index (χ0n) is 19.6. The first-order valence-electron chi connectivity index (χ1n) is 11.4. The van der Waals surface area contributed by atoms with Gasteiger partial charge in [0.2, 0.25) is 5.13 Å². The van der Waals surface area contributed by atoms with Crippen molar-refractivity contribution in [1.82, 2.24) is 4.98 Å². The Morgan fingerprint density at radius 2 is 1.78 bits per heavy atom. The van der Waals surface area contributed by atoms with Crippen molar-refractivity contribution in [3.63, 3.8) is 0 Å². The Kier molecular flexibility index (Phi) is 5.71. The second-order valence-corrected chi connectivity index (χ2v) is 9.26. The lowest BCUT2D eigenvalue weighted by Crippen LogP contribution is -2.30. The molecule has 0 aliphatic rings. The topological polar surface area (TPSA) is 85.0 Å². The number of rotatable bonds is 5. The summed E-state index contributed by atoms with van der Waals surface area (Å²) in [6.45, 7) is 0. The van der Waals surface area contributed by atoms with Crippen molar-refractivity contribution < 1.29 is 13.9 Å². The lowest BCUT2D eigenvalue weighted by molar-refractivity contribution is 0.0984. The molecule has 0 atom stereocenters. The van der Waals surface area contributed by atoms with E-state index in [-0.39, 0.29) is 5.56 Å². The molecule has 0 saturated heterocycles. The first-order valence-corrected chi connectivity index (χ1v) is 12.3. The minimum atomic E-state index is -0.740. The molecule has 2 heterocycles. The van der Waals surface area contributed by atoms with Crippen LogP contribution in [0.25, 0.3) is 32.0 Å². The summed E-state index contributed by atoms with van der Waals surface area (Å²) < 4.78 is 11.7. The smallest absolute Gasteiger partial charge is 0.349 e. The molecule has 8 heteroatoms. The van der Waals surface area contributed by atoms with Crippen molar-refractivity contribution in [1.29, 1.82) is 0 Å². The number of aromatic nitrogens is 1. The van der Waals surface area contributed by atoms with E-state index in [2.05, 4.69) is 10.1 Å². The van der Waals surface area contributed by atoms with Crippen molar-refractivity contribution in [3.8, 4) is 5.75 Å². The maximum atomic E-state index is 13.9. The fourth-order valence-electron chi connectivity index (χ4n) is 4.10. The summed E-state index contributed by atoms with van der Waals surface area (Å²) >= 11 is 1.27. The highest BCUT2D eigenvalue weighted by atomic mass is 32.1. The predicted molar refractivity (Wildman–Crippen MR) is 147 cm³/mol. The van der Waals surface area contributed by atoms with Gasteiger partial charge in [0.1, 0.15) is 16.9 Å². The van der Waals surface area contributed by atoms with Crippen molar-refractivity contribution in [3.05, 3.63) is 113 Å². The van der Waals surface area contributed by atoms with Crippen LogP contribution in [0.1, 0.15) is 15.9 Å². The Balaban J connectivity index is 1.50. The van der Waals surface area contributed by atoms with Gasteiger partial charge in [-0.15, -0.1) is 0 Å². The zero-order valence-corrected chi connectivity index (χ0v) is 20.4. The molecule has 0 fully saturated rings. The molecule has 0 radical (unpaired) electrons. The highest BCUT2D eigenvalue weighted by Crippen LogP contribution is 2.33. The lowest BCUT2D eigenvalue weighted by atomic mass is 10.0. The predicted octanol–water partition coefficient (Wildman–Crippen LogP) is 6.25. The third kappa shape index (κ3) is 4.23. The van der Waals surface area contributed by atoms with Crippen LogP contribution in [0.4, 0.5) is 5.13 Å². The summed E-state index contributed by atoms with van der Waals surface area (Å²) in [6, 6.07) is 27.8. The first kappa shape index (κ1) is 22.6. The highest BCUT2D eigenvalue weighted by molar-refractivity contribution is 7.22. The van der Waals surface area contributed by atoms with Crippen molar-refractivity contribution in [2.24, 2.45) is 5.10 Å². The normalized spacial score (nSPS) is 11.5. The number of anilines is 1. The molecule has 0 unspecified atom stereocenters. The number of thiazole rings is 1. The summed E-state index contributed by atoms with van der Waals surface area (Å²) in [4.78, 5) is 31.4. The number of ether oxygens (including phenoxy) is 1. The fraction of sp³-hybridized carbons (Fsp3) is 0.0345. The van der Waals surface area contributed by atoms with E-state index in [1.54, 1.807) is 31.5 Å². The molecule has 4 aromatic carbocycles. The number of hydrogen-bond donors (Lipinski definition) is 0. The van der Waals surface area contributed by atoms with Gasteiger partial charge >= 0.3 is 5.63 Å². The van der Waals surface area contributed by atoms with Gasteiger partial charge in [-0.3, -0.25) is 4.79 Å². The van der Waals surface area contributed by atoms with E-state index in [0.29, 0.717) is 27.4 Å². The number of benzene rings is 4. The van der Waals surface area contributed by atoms with E-state index in [9.17, 15) is 9.59 Å². The zero-order chi connectivity index (χ0) is 25.4. The molecular formula is C29H19N3O4S. The molecule has 180 valence electrons. The van der Waals surface area contributed by atoms with Gasteiger partial charge in [0, 0.05) is 5.39 Å². The molecule has 0 saturated carbocycles. The SMILES string of the molecule is COc1ccc2nc(N(/N=C/c3ccccc3)C(=O)c3cc4c(ccc5ccccc54)oc3=O)sc2c1. The molecule has 37 heavy (non-hydrogen) atoms. The number of carbonyl (C=O) groups is 1. The van der Waals surface area contributed by atoms with E-state index in [1.165, 1.54) is 11.3 Å². The molecule has 0 bridgehead atoms. The number of fused-ring (bicyclic) bond motifs is 4. The van der Waals surface area contributed by atoms with E-state index in [4.69, 9.17) is 9.15 Å². The van der Waals surface area contributed by atoms with Crippen LogP contribution in [-0.4, -0.2) is 24.2 Å². The third-order valence-electron chi connectivity index (χ3n) is 5.95. The van der Waals surface area contributed by atoms with Crippen LogP contribution in [-0.2, 0) is 0 Å². The molecule has 6 rings (SSSR count). The first-order chi connectivity index (χ1) is 18.1. The minimum Gasteiger partial charge on any atom is -0.497 e. The van der Waals surface area contributed by atoms with Crippen LogP contribution in [0, 0.1) is 0 Å². The van der Waals surface area contributed by atoms with E-state index in [0.717, 1.165) is 26.0 Å². The Morgan fingerprint density at radius 1 is 0.973 bits per heavy atom. The fourth-order valence-corrected chi connectivity index (χ4v) is 5.05. The Morgan fingerprint density at radius 3 is 2.62 bits per heavy atom. The number of methoxy groups -OCH3 is 1. The van der Waals surface area contributed by atoms with Gasteiger partial charge in [0.15, 0.2) is 0 Å². The Hall–Kier alpha value is -4.82. The van der Waals surface area contributed by atoms with Crippen LogP contribution in [0.5, 0.6) is 5.75 Å². The molecule has 1 amide bonds. The monoisotopic (exact) mass is 505 g/mol. The molecule has 6 aromatic rings. The Labute approximate surface area is 214 Å². The average molecular weight is 506 g/mol. The molecule has 0 aliphatic heterocycles. The van der Waals surface area contributed by atoms with E-state index in [1.807, 2.05) is 72.8 Å². The molecule has 0 aliphatic carbocycles. The van der Waals surface area contributed by atoms with Crippen LogP contribution in [0.3, 0.4) is 0 Å². The summed E-state index contributed by atoms with van der Waals surface area (Å²) in [5, 5.41) is 8.44. The summed E-state index contributed by atoms with van der Waals surface area (Å²) in [7, 11) is 1.59. The maximum absolute atomic E-state index is 13.9. The highest BCUT2D eigenvalue weighted by Gasteiger charge is 2.25. The molecule has 7 nitrogen and oxygen atoms in total. The number of hydrogen-bond acceptors (Lipinski definition) is 7. The van der Waals surface area contributed by atoms with Crippen molar-refractivity contribution in [2.45, 2.75) is 0 Å². The van der Waals surface area contributed by atoms with E-state index < -0.39 is 11.5 Å². The number of amides is 1. The molecule has 0 N–H and O–H groups in total. The minimum absolute atomic E-state index is 0.133. The summed E-state index contributed by atoms with van der Waals surface area (Å²) in [5.41, 5.74) is 1.01. The third-order valence-corrected chi connectivity index (χ3v) is 6.95. The molecular weight excluding hydrogens is 486 g/mol. The standard InChI is InChI=1S/C29H19N3O4S/c1-35-20-12-13-24-26(15-20)37-29(31-24)32(30-17-18-7-3-2-4-8-18)27(33)23-16-22-21-10-6-5-9-19(21)11-14-25(22)36-28(23)34/h2-17H,1H3/b30-17+. The van der Waals surface area contributed by atoms with E-state index >= 15 is 0 Å². The van der Waals surface area contributed by atoms with Gasteiger partial charge in [0.05, 0.1) is 23.5 Å². The van der Waals surface area contributed by atoms with Gasteiger partial charge in [0.25, 0.3) is 5.91 Å². The van der Waals surface area contributed by atoms with Crippen molar-refractivity contribution >= 4 is 60.5 Å². The van der Waals surface area contributed by atoms with Gasteiger partial charge in [-0.2, -0.15) is 10.1 Å². The van der Waals surface area contributed by atoms with Gasteiger partial charge < -0.3 is 9.15 Å².